The van der Waals surface area contributed by atoms with Gasteiger partial charge in [0.15, 0.2) is 0 Å². The summed E-state index contributed by atoms with van der Waals surface area (Å²) in [6.45, 7) is 1.16. The molecule has 52 valence electrons. The number of aliphatic hydroxyl groups is 1. The van der Waals surface area contributed by atoms with Crippen molar-refractivity contribution in [1.29, 1.82) is 0 Å². The summed E-state index contributed by atoms with van der Waals surface area (Å²) in [6.07, 6.45) is -1.33. The van der Waals surface area contributed by atoms with E-state index in [1.165, 1.54) is 0 Å². The Morgan fingerprint density at radius 2 is 2.11 bits per heavy atom. The van der Waals surface area contributed by atoms with Gasteiger partial charge < -0.3 is 19.8 Å². The van der Waals surface area contributed by atoms with Crippen LogP contribution in [0.4, 0.5) is 0 Å². The zero-order valence-electron chi connectivity index (χ0n) is 4.81. The summed E-state index contributed by atoms with van der Waals surface area (Å²) in [5.74, 6) is -1.06. The molecule has 1 unspecified atom stereocenters. The van der Waals surface area contributed by atoms with E-state index in [9.17, 15) is 4.79 Å². The Bertz CT molecular complexity index is 100. The zero-order valence-corrected chi connectivity index (χ0v) is 4.81. The van der Waals surface area contributed by atoms with E-state index in [4.69, 9.17) is 15.2 Å². The van der Waals surface area contributed by atoms with Crippen molar-refractivity contribution in [1.82, 2.24) is 0 Å². The van der Waals surface area contributed by atoms with E-state index < -0.39 is 19.4 Å². The van der Waals surface area contributed by atoms with Gasteiger partial charge in [0.05, 0.1) is 0 Å². The molecule has 0 heterocycles. The number of hydrogen-bond donors (Lipinski definition) is 3. The van der Waals surface area contributed by atoms with Gasteiger partial charge in [-0.15, -0.1) is 0 Å². The lowest BCUT2D eigenvalue weighted by molar-refractivity contribution is -0.145. The Morgan fingerprint density at radius 1 is 1.67 bits per heavy atom. The van der Waals surface area contributed by atoms with E-state index in [-0.39, 0.29) is 0 Å². The molecule has 9 heavy (non-hydrogen) atoms. The van der Waals surface area contributed by atoms with Crippen LogP contribution in [0, 0.1) is 0 Å². The highest BCUT2D eigenvalue weighted by atomic mass is 16.7. The molecule has 0 bridgehead atoms. The Morgan fingerprint density at radius 3 is 2.22 bits per heavy atom. The van der Waals surface area contributed by atoms with Crippen molar-refractivity contribution >= 4 is 13.3 Å². The van der Waals surface area contributed by atoms with Crippen LogP contribution < -0.4 is 0 Å². The molecule has 0 saturated heterocycles. The summed E-state index contributed by atoms with van der Waals surface area (Å²) in [7, 11) is -2.15. The molecule has 1 atom stereocenters. The first-order valence-corrected chi connectivity index (χ1v) is 2.28. The number of hydrogen-bond acceptors (Lipinski definition) is 5. The lowest BCUT2D eigenvalue weighted by atomic mass is 10.2. The summed E-state index contributed by atoms with van der Waals surface area (Å²) in [6, 6.07) is 0. The minimum atomic E-state index is -2.15. The van der Waals surface area contributed by atoms with Crippen LogP contribution in [0.5, 0.6) is 0 Å². The Kier molecular flexibility index (Phi) is 3.22. The van der Waals surface area contributed by atoms with E-state index in [2.05, 4.69) is 4.65 Å². The van der Waals surface area contributed by atoms with E-state index in [1.807, 2.05) is 0 Å². The molecule has 6 heteroatoms. The van der Waals surface area contributed by atoms with Gasteiger partial charge in [-0.3, -0.25) is 4.79 Å². The summed E-state index contributed by atoms with van der Waals surface area (Å²) in [5, 5.41) is 24.3. The maximum atomic E-state index is 10.2. The van der Waals surface area contributed by atoms with Crippen LogP contribution in [0.1, 0.15) is 6.92 Å². The van der Waals surface area contributed by atoms with Crippen LogP contribution in [0.2, 0.25) is 0 Å². The number of carbonyl (C=O) groups excluding carboxylic acids is 1. The molecule has 0 radical (unpaired) electrons. The van der Waals surface area contributed by atoms with E-state index >= 15 is 0 Å². The molecule has 0 aromatic rings. The van der Waals surface area contributed by atoms with Gasteiger partial charge in [-0.1, -0.05) is 0 Å². The van der Waals surface area contributed by atoms with Gasteiger partial charge in [0.25, 0.3) is 0 Å². The van der Waals surface area contributed by atoms with Gasteiger partial charge in [0.1, 0.15) is 6.10 Å². The van der Waals surface area contributed by atoms with Crippen LogP contribution in [0.25, 0.3) is 0 Å². The largest absolute Gasteiger partial charge is 0.709 e. The second kappa shape index (κ2) is 3.44. The second-order valence-corrected chi connectivity index (χ2v) is 1.44. The molecule has 0 rings (SSSR count). The van der Waals surface area contributed by atoms with Crippen molar-refractivity contribution in [3.63, 3.8) is 0 Å². The fourth-order valence-electron chi connectivity index (χ4n) is 0.202. The SMILES string of the molecule is CC(O)C(=O)OB(O)O. The highest BCUT2D eigenvalue weighted by Crippen LogP contribution is 1.85. The first kappa shape index (κ1) is 8.41. The normalized spacial score (nSPS) is 12.4. The molecule has 0 fully saturated rings. The topological polar surface area (TPSA) is 87.0 Å². The standard InChI is InChI=1S/C3H7BO5/c1-2(5)3(6)9-4(7)8/h2,5,7-8H,1H3. The van der Waals surface area contributed by atoms with Crippen LogP contribution >= 0.6 is 0 Å². The minimum Gasteiger partial charge on any atom is -0.483 e. The molecule has 0 saturated carbocycles. The van der Waals surface area contributed by atoms with Gasteiger partial charge in [-0.25, -0.2) is 0 Å². The molecule has 0 aliphatic heterocycles. The van der Waals surface area contributed by atoms with Crippen molar-refractivity contribution in [2.24, 2.45) is 0 Å². The van der Waals surface area contributed by atoms with Crippen molar-refractivity contribution in [3.05, 3.63) is 0 Å². The van der Waals surface area contributed by atoms with E-state index in [0.717, 1.165) is 6.92 Å². The molecule has 0 aliphatic rings. The highest BCUT2D eigenvalue weighted by molar-refractivity contribution is 6.35. The molecule has 3 N–H and O–H groups in total. The lowest BCUT2D eigenvalue weighted by Gasteiger charge is -2.03. The monoisotopic (exact) mass is 134 g/mol. The zero-order chi connectivity index (χ0) is 7.44. The maximum absolute atomic E-state index is 10.2. The molecule has 0 aromatic carbocycles. The molecule has 0 aliphatic carbocycles. The van der Waals surface area contributed by atoms with Crippen LogP contribution in [0.3, 0.4) is 0 Å². The van der Waals surface area contributed by atoms with Crippen molar-refractivity contribution < 1.29 is 24.6 Å². The van der Waals surface area contributed by atoms with Crippen molar-refractivity contribution in [3.8, 4) is 0 Å². The minimum absolute atomic E-state index is 1.06. The van der Waals surface area contributed by atoms with E-state index in [0.29, 0.717) is 0 Å². The fourth-order valence-corrected chi connectivity index (χ4v) is 0.202. The van der Waals surface area contributed by atoms with Gasteiger partial charge >= 0.3 is 13.3 Å². The van der Waals surface area contributed by atoms with Crippen LogP contribution in [0.15, 0.2) is 0 Å². The predicted octanol–water partition coefficient (Wildman–Crippen LogP) is -2.12. The quantitative estimate of drug-likeness (QED) is 0.376. The molecule has 0 aromatic heterocycles. The van der Waals surface area contributed by atoms with Crippen molar-refractivity contribution in [2.45, 2.75) is 13.0 Å². The fraction of sp³-hybridized carbons (Fsp3) is 0.667. The average Bonchev–Trinajstić information content (AvgIpc) is 1.63. The third-order valence-corrected chi connectivity index (χ3v) is 0.563. The van der Waals surface area contributed by atoms with Crippen molar-refractivity contribution in [2.75, 3.05) is 0 Å². The van der Waals surface area contributed by atoms with Crippen LogP contribution in [-0.2, 0) is 9.45 Å². The van der Waals surface area contributed by atoms with Gasteiger partial charge in [0.2, 0.25) is 0 Å². The summed E-state index contributed by atoms with van der Waals surface area (Å²) in [5.41, 5.74) is 0. The first-order chi connectivity index (χ1) is 4.04. The Hall–Kier alpha value is -0.585. The summed E-state index contributed by atoms with van der Waals surface area (Å²) < 4.78 is 3.73. The molecular formula is C3H7BO5. The molecule has 0 amide bonds. The number of aliphatic hydroxyl groups excluding tert-OH is 1. The lowest BCUT2D eigenvalue weighted by Crippen LogP contribution is -2.28. The third-order valence-electron chi connectivity index (χ3n) is 0.563. The third kappa shape index (κ3) is 3.95. The second-order valence-electron chi connectivity index (χ2n) is 1.44. The molecule has 5 nitrogen and oxygen atoms in total. The summed E-state index contributed by atoms with van der Waals surface area (Å²) in [4.78, 5) is 10.2. The maximum Gasteiger partial charge on any atom is 0.709 e. The molecule has 0 spiro atoms. The average molecular weight is 134 g/mol. The number of carbonyl (C=O) groups is 1. The van der Waals surface area contributed by atoms with Gasteiger partial charge in [0, 0.05) is 0 Å². The van der Waals surface area contributed by atoms with Crippen LogP contribution in [-0.4, -0.2) is 34.5 Å². The highest BCUT2D eigenvalue weighted by Gasteiger charge is 2.19. The van der Waals surface area contributed by atoms with E-state index in [1.54, 1.807) is 0 Å². The Labute approximate surface area is 52.1 Å². The van der Waals surface area contributed by atoms with Gasteiger partial charge in [-0.2, -0.15) is 0 Å². The summed E-state index contributed by atoms with van der Waals surface area (Å²) >= 11 is 0. The molecular weight excluding hydrogens is 127 g/mol. The Balaban J connectivity index is 3.51. The predicted molar refractivity (Wildman–Crippen MR) is 28.0 cm³/mol. The van der Waals surface area contributed by atoms with Gasteiger partial charge in [-0.05, 0) is 6.92 Å². The number of rotatable bonds is 2. The first-order valence-electron chi connectivity index (χ1n) is 2.28. The smallest absolute Gasteiger partial charge is 0.483 e.